The van der Waals surface area contributed by atoms with Crippen molar-refractivity contribution in [2.24, 2.45) is 10.9 Å². The van der Waals surface area contributed by atoms with E-state index in [1.807, 2.05) is 4.90 Å². The van der Waals surface area contributed by atoms with Crippen LogP contribution in [0.25, 0.3) is 0 Å². The first-order valence-electron chi connectivity index (χ1n) is 8.34. The van der Waals surface area contributed by atoms with Gasteiger partial charge in [-0.3, -0.25) is 14.6 Å². The SMILES string of the molecule is CN=C(NCC(=O)Nc1ccc(F)c(F)c1F)N1CCC(C(=O)OC)CC1. The molecule has 0 bridgehead atoms. The van der Waals surface area contributed by atoms with Crippen LogP contribution in [0, 0.1) is 23.4 Å². The molecule has 1 amide bonds. The smallest absolute Gasteiger partial charge is 0.308 e. The number of piperidine rings is 1. The minimum absolute atomic E-state index is 0.163. The molecule has 1 saturated heterocycles. The Kier molecular flexibility index (Phi) is 7.03. The van der Waals surface area contributed by atoms with Crippen LogP contribution in [-0.4, -0.2) is 56.5 Å². The van der Waals surface area contributed by atoms with Crippen LogP contribution in [0.15, 0.2) is 17.1 Å². The Labute approximate surface area is 154 Å². The van der Waals surface area contributed by atoms with Crippen molar-refractivity contribution < 1.29 is 27.5 Å². The summed E-state index contributed by atoms with van der Waals surface area (Å²) in [5.74, 6) is -5.05. The fraction of sp³-hybridized carbons (Fsp3) is 0.471. The van der Waals surface area contributed by atoms with Gasteiger partial charge in [-0.05, 0) is 25.0 Å². The number of methoxy groups -OCH3 is 1. The van der Waals surface area contributed by atoms with Gasteiger partial charge in [0.2, 0.25) is 5.91 Å². The molecular formula is C17H21F3N4O3. The summed E-state index contributed by atoms with van der Waals surface area (Å²) in [5.41, 5.74) is -0.449. The molecule has 0 atom stereocenters. The van der Waals surface area contributed by atoms with Gasteiger partial charge in [-0.25, -0.2) is 13.2 Å². The van der Waals surface area contributed by atoms with E-state index < -0.39 is 29.0 Å². The number of halogens is 3. The van der Waals surface area contributed by atoms with E-state index in [1.165, 1.54) is 7.11 Å². The van der Waals surface area contributed by atoms with Gasteiger partial charge in [0, 0.05) is 20.1 Å². The highest BCUT2D eigenvalue weighted by atomic mass is 19.2. The van der Waals surface area contributed by atoms with E-state index in [9.17, 15) is 22.8 Å². The van der Waals surface area contributed by atoms with E-state index in [1.54, 1.807) is 7.05 Å². The number of nitrogens with one attached hydrogen (secondary N) is 2. The van der Waals surface area contributed by atoms with Crippen LogP contribution < -0.4 is 10.6 Å². The molecule has 0 saturated carbocycles. The minimum Gasteiger partial charge on any atom is -0.469 e. The third-order valence-electron chi connectivity index (χ3n) is 4.26. The number of likely N-dealkylation sites (tertiary alicyclic amines) is 1. The van der Waals surface area contributed by atoms with Gasteiger partial charge in [-0.1, -0.05) is 0 Å². The monoisotopic (exact) mass is 386 g/mol. The molecule has 0 unspecified atom stereocenters. The van der Waals surface area contributed by atoms with Crippen LogP contribution in [0.4, 0.5) is 18.9 Å². The molecule has 1 aromatic rings. The van der Waals surface area contributed by atoms with Crippen LogP contribution in [0.1, 0.15) is 12.8 Å². The number of carbonyl (C=O) groups excluding carboxylic acids is 2. The van der Waals surface area contributed by atoms with Gasteiger partial charge in [0.1, 0.15) is 0 Å². The van der Waals surface area contributed by atoms with Crippen molar-refractivity contribution in [3.8, 4) is 0 Å². The molecule has 148 valence electrons. The maximum atomic E-state index is 13.6. The predicted octanol–water partition coefficient (Wildman–Crippen LogP) is 1.50. The van der Waals surface area contributed by atoms with Gasteiger partial charge in [0.25, 0.3) is 0 Å². The highest BCUT2D eigenvalue weighted by Gasteiger charge is 2.27. The second-order valence-corrected chi connectivity index (χ2v) is 5.96. The Morgan fingerprint density at radius 3 is 2.48 bits per heavy atom. The zero-order valence-electron chi connectivity index (χ0n) is 15.0. The largest absolute Gasteiger partial charge is 0.469 e. The van der Waals surface area contributed by atoms with E-state index >= 15 is 0 Å². The second kappa shape index (κ2) is 9.24. The number of anilines is 1. The van der Waals surface area contributed by atoms with Crippen molar-refractivity contribution in [2.45, 2.75) is 12.8 Å². The van der Waals surface area contributed by atoms with Crippen molar-refractivity contribution in [2.75, 3.05) is 39.1 Å². The van der Waals surface area contributed by atoms with E-state index in [0.29, 0.717) is 31.9 Å². The van der Waals surface area contributed by atoms with Gasteiger partial charge in [0.05, 0.1) is 25.3 Å². The number of hydrogen-bond donors (Lipinski definition) is 2. The van der Waals surface area contributed by atoms with Crippen LogP contribution in [0.3, 0.4) is 0 Å². The number of nitrogens with zero attached hydrogens (tertiary/aromatic N) is 2. The lowest BCUT2D eigenvalue weighted by molar-refractivity contribution is -0.146. The summed E-state index contributed by atoms with van der Waals surface area (Å²) in [6, 6.07) is 1.67. The quantitative estimate of drug-likeness (QED) is 0.355. The Morgan fingerprint density at radius 2 is 1.89 bits per heavy atom. The number of guanidine groups is 1. The van der Waals surface area contributed by atoms with Crippen LogP contribution in [0.2, 0.25) is 0 Å². The average molecular weight is 386 g/mol. The minimum atomic E-state index is -1.65. The average Bonchev–Trinajstić information content (AvgIpc) is 2.68. The topological polar surface area (TPSA) is 83.0 Å². The van der Waals surface area contributed by atoms with Crippen molar-refractivity contribution >= 4 is 23.5 Å². The fourth-order valence-corrected chi connectivity index (χ4v) is 2.80. The number of hydrogen-bond acceptors (Lipinski definition) is 4. The third kappa shape index (κ3) is 5.11. The van der Waals surface area contributed by atoms with Gasteiger partial charge < -0.3 is 20.3 Å². The molecule has 7 nitrogen and oxygen atoms in total. The molecule has 1 aliphatic heterocycles. The molecule has 1 fully saturated rings. The maximum Gasteiger partial charge on any atom is 0.308 e. The second-order valence-electron chi connectivity index (χ2n) is 5.96. The molecule has 27 heavy (non-hydrogen) atoms. The van der Waals surface area contributed by atoms with Crippen molar-refractivity contribution in [3.63, 3.8) is 0 Å². The van der Waals surface area contributed by atoms with E-state index in [2.05, 4.69) is 15.6 Å². The zero-order chi connectivity index (χ0) is 20.0. The number of esters is 1. The molecule has 1 heterocycles. The number of benzene rings is 1. The number of rotatable bonds is 4. The summed E-state index contributed by atoms with van der Waals surface area (Å²) >= 11 is 0. The molecule has 0 aliphatic carbocycles. The Hall–Kier alpha value is -2.78. The van der Waals surface area contributed by atoms with Crippen molar-refractivity contribution in [1.29, 1.82) is 0 Å². The molecule has 0 radical (unpaired) electrons. The fourth-order valence-electron chi connectivity index (χ4n) is 2.80. The van der Waals surface area contributed by atoms with Crippen LogP contribution >= 0.6 is 0 Å². The molecule has 1 aromatic carbocycles. The lowest BCUT2D eigenvalue weighted by atomic mass is 9.97. The van der Waals surface area contributed by atoms with E-state index in [0.717, 1.165) is 12.1 Å². The van der Waals surface area contributed by atoms with E-state index in [-0.39, 0.29) is 18.4 Å². The molecule has 2 N–H and O–H groups in total. The summed E-state index contributed by atoms with van der Waals surface area (Å²) < 4.78 is 44.4. The maximum absolute atomic E-state index is 13.6. The van der Waals surface area contributed by atoms with Gasteiger partial charge in [-0.2, -0.15) is 0 Å². The summed E-state index contributed by atoms with van der Waals surface area (Å²) in [7, 11) is 2.89. The number of aliphatic imine (C=N–C) groups is 1. The predicted molar refractivity (Wildman–Crippen MR) is 92.6 cm³/mol. The standard InChI is InChI=1S/C17H21F3N4O3/c1-21-17(24-7-5-10(6-8-24)16(26)27-2)22-9-13(25)23-12-4-3-11(18)14(19)15(12)20/h3-4,10H,5-9H2,1-2H3,(H,21,22)(H,23,25). The summed E-state index contributed by atoms with van der Waals surface area (Å²) in [5, 5.41) is 4.99. The Bertz CT molecular complexity index is 734. The number of ether oxygens (including phenoxy) is 1. The van der Waals surface area contributed by atoms with Crippen molar-refractivity contribution in [1.82, 2.24) is 10.2 Å². The highest BCUT2D eigenvalue weighted by Crippen LogP contribution is 2.20. The van der Waals surface area contributed by atoms with E-state index in [4.69, 9.17) is 4.74 Å². The van der Waals surface area contributed by atoms with Crippen LogP contribution in [-0.2, 0) is 14.3 Å². The molecule has 0 aromatic heterocycles. The molecule has 0 spiro atoms. The lowest BCUT2D eigenvalue weighted by Gasteiger charge is -2.33. The molecular weight excluding hydrogens is 365 g/mol. The Morgan fingerprint density at radius 1 is 1.22 bits per heavy atom. The molecule has 10 heteroatoms. The number of carbonyl (C=O) groups is 2. The first-order chi connectivity index (χ1) is 12.9. The van der Waals surface area contributed by atoms with Gasteiger partial charge in [-0.15, -0.1) is 0 Å². The first kappa shape index (κ1) is 20.5. The highest BCUT2D eigenvalue weighted by molar-refractivity contribution is 5.95. The zero-order valence-corrected chi connectivity index (χ0v) is 15.0. The van der Waals surface area contributed by atoms with Gasteiger partial charge in [0.15, 0.2) is 23.4 Å². The Balaban J connectivity index is 1.87. The lowest BCUT2D eigenvalue weighted by Crippen LogP contribution is -2.48. The molecule has 2 rings (SSSR count). The summed E-state index contributed by atoms with van der Waals surface area (Å²) in [4.78, 5) is 29.5. The third-order valence-corrected chi connectivity index (χ3v) is 4.26. The normalized spacial score (nSPS) is 15.4. The van der Waals surface area contributed by atoms with Crippen molar-refractivity contribution in [3.05, 3.63) is 29.6 Å². The molecule has 1 aliphatic rings. The van der Waals surface area contributed by atoms with Crippen LogP contribution in [0.5, 0.6) is 0 Å². The van der Waals surface area contributed by atoms with Gasteiger partial charge >= 0.3 is 5.97 Å². The summed E-state index contributed by atoms with van der Waals surface area (Å²) in [6.45, 7) is 0.861. The first-order valence-corrected chi connectivity index (χ1v) is 8.34. The number of amides is 1. The summed E-state index contributed by atoms with van der Waals surface area (Å²) in [6.07, 6.45) is 1.19.